The molecule has 1 unspecified atom stereocenters. The Bertz CT molecular complexity index is 1460. The molecule has 0 aromatic heterocycles. The summed E-state index contributed by atoms with van der Waals surface area (Å²) in [5, 5.41) is 0. The van der Waals surface area contributed by atoms with Crippen LogP contribution in [-0.4, -0.2) is 12.1 Å². The van der Waals surface area contributed by atoms with Gasteiger partial charge in [-0.15, -0.1) is 0 Å². The molecule has 4 nitrogen and oxygen atoms in total. The van der Waals surface area contributed by atoms with Crippen LogP contribution < -0.4 is 0 Å². The van der Waals surface area contributed by atoms with Crippen molar-refractivity contribution in [1.29, 1.82) is 0 Å². The monoisotopic (exact) mass is 739 g/mol. The van der Waals surface area contributed by atoms with Crippen LogP contribution in [0.25, 0.3) is 0 Å². The van der Waals surface area contributed by atoms with E-state index in [1.807, 2.05) is 0 Å². The number of hydrogen-bond acceptors (Lipinski definition) is 4. The summed E-state index contributed by atoms with van der Waals surface area (Å²) in [4.78, 5) is 0. The summed E-state index contributed by atoms with van der Waals surface area (Å²) in [5.41, 5.74) is -7.10. The summed E-state index contributed by atoms with van der Waals surface area (Å²) in [5.74, 6) is -25.1. The Labute approximate surface area is 263 Å². The topological polar surface area (TPSA) is 36.9 Å². The Morgan fingerprint density at radius 1 is 0.489 bits per heavy atom. The van der Waals surface area contributed by atoms with Gasteiger partial charge in [-0.05, 0) is 0 Å². The molecule has 0 aliphatic carbocycles. The SMILES string of the molecule is CCC(OCc1c(F)c(F)c(C)c(F)c1F)C([O][Zr])(OCc1c(F)c(F)c(C)c(F)c1F)OCc1c(F)c(F)c(C)c(F)c1F. The van der Waals surface area contributed by atoms with Crippen molar-refractivity contribution in [2.75, 3.05) is 0 Å². The van der Waals surface area contributed by atoms with Gasteiger partial charge in [-0.25, -0.2) is 0 Å². The van der Waals surface area contributed by atoms with E-state index in [0.717, 1.165) is 20.8 Å². The third-order valence-corrected chi connectivity index (χ3v) is 7.59. The van der Waals surface area contributed by atoms with Gasteiger partial charge in [0.1, 0.15) is 0 Å². The number of benzene rings is 3. The molecule has 3 aromatic carbocycles. The predicted octanol–water partition coefficient (Wildman–Crippen LogP) is 8.14. The van der Waals surface area contributed by atoms with Gasteiger partial charge in [0.05, 0.1) is 0 Å². The van der Waals surface area contributed by atoms with Crippen molar-refractivity contribution in [2.45, 2.75) is 66.0 Å². The quantitative estimate of drug-likeness (QED) is 0.107. The molecule has 0 aliphatic rings. The Hall–Kier alpha value is -2.46. The van der Waals surface area contributed by atoms with Crippen LogP contribution in [-0.2, 0) is 62.0 Å². The molecule has 0 bridgehead atoms. The van der Waals surface area contributed by atoms with Crippen molar-refractivity contribution >= 4 is 0 Å². The van der Waals surface area contributed by atoms with Crippen LogP contribution in [0, 0.1) is 90.6 Å². The Morgan fingerprint density at radius 3 is 1.00 bits per heavy atom. The fraction of sp³-hybridized carbons (Fsp3) is 0.357. The van der Waals surface area contributed by atoms with Gasteiger partial charge in [0.2, 0.25) is 0 Å². The predicted molar refractivity (Wildman–Crippen MR) is 125 cm³/mol. The molecule has 0 saturated carbocycles. The minimum atomic E-state index is -2.96. The zero-order valence-electron chi connectivity index (χ0n) is 23.6. The van der Waals surface area contributed by atoms with Crippen molar-refractivity contribution < 1.29 is 94.9 Å². The number of rotatable bonds is 12. The molecule has 0 radical (unpaired) electrons. The van der Waals surface area contributed by atoms with Crippen molar-refractivity contribution in [3.63, 3.8) is 0 Å². The van der Waals surface area contributed by atoms with Crippen LogP contribution in [0.2, 0.25) is 0 Å². The van der Waals surface area contributed by atoms with E-state index < -0.39 is 142 Å². The first-order valence-corrected chi connectivity index (χ1v) is 13.7. The maximum absolute atomic E-state index is 14.6. The van der Waals surface area contributed by atoms with E-state index >= 15 is 0 Å². The van der Waals surface area contributed by atoms with Gasteiger partial charge in [-0.1, -0.05) is 0 Å². The van der Waals surface area contributed by atoms with Gasteiger partial charge < -0.3 is 0 Å². The summed E-state index contributed by atoms with van der Waals surface area (Å²) in [6.07, 6.45) is -2.32. The standard InChI is InChI=1S/C28H21F12O4.Zr/c1-5-15(42-6-12-22(35)16(29)9(2)17(30)23(12)36)28(41,43-7-13-24(37)18(31)10(3)19(32)25(13)38)44-8-14-26(39)20(33)11(4)21(34)27(14)40;/h15H,5-8H2,1-4H3;/q-1;+1. The average Bonchev–Trinajstić information content (AvgIpc) is 3.03. The molecule has 0 spiro atoms. The molecule has 0 amide bonds. The molecule has 245 valence electrons. The van der Waals surface area contributed by atoms with Crippen LogP contribution in [0.5, 0.6) is 0 Å². The Kier molecular flexibility index (Phi) is 12.0. The molecule has 45 heavy (non-hydrogen) atoms. The van der Waals surface area contributed by atoms with E-state index in [-0.39, 0.29) is 25.2 Å². The van der Waals surface area contributed by atoms with E-state index in [9.17, 15) is 52.7 Å². The molecular formula is C28H21F12O4Zr. The summed E-state index contributed by atoms with van der Waals surface area (Å²) in [6.45, 7) is -0.759. The third kappa shape index (κ3) is 6.83. The second-order valence-electron chi connectivity index (χ2n) is 9.57. The average molecular weight is 741 g/mol. The van der Waals surface area contributed by atoms with Crippen LogP contribution in [0.3, 0.4) is 0 Å². The number of hydrogen-bond donors (Lipinski definition) is 0. The molecule has 1 atom stereocenters. The van der Waals surface area contributed by atoms with Gasteiger partial charge in [0.25, 0.3) is 0 Å². The van der Waals surface area contributed by atoms with E-state index in [1.165, 1.54) is 6.92 Å². The summed E-state index contributed by atoms with van der Waals surface area (Å²) >= 11 is -0.0730. The van der Waals surface area contributed by atoms with Crippen molar-refractivity contribution in [3.05, 3.63) is 103 Å². The van der Waals surface area contributed by atoms with E-state index in [2.05, 4.69) is 0 Å². The second-order valence-corrected chi connectivity index (χ2v) is 10.1. The molecular weight excluding hydrogens is 720 g/mol. The molecule has 3 aromatic rings. The maximum atomic E-state index is 14.6. The molecule has 17 heteroatoms. The van der Waals surface area contributed by atoms with Crippen LogP contribution >= 0.6 is 0 Å². The van der Waals surface area contributed by atoms with E-state index in [0.29, 0.717) is 0 Å². The fourth-order valence-corrected chi connectivity index (χ4v) is 4.71. The first-order valence-electron chi connectivity index (χ1n) is 12.7. The molecule has 0 N–H and O–H groups in total. The number of ether oxygens (including phenoxy) is 3. The molecule has 0 fully saturated rings. The van der Waals surface area contributed by atoms with Crippen LogP contribution in [0.15, 0.2) is 0 Å². The molecule has 0 saturated heterocycles. The Balaban J connectivity index is 2.09. The van der Waals surface area contributed by atoms with Gasteiger partial charge >= 0.3 is 264 Å². The summed E-state index contributed by atoms with van der Waals surface area (Å²) < 4.78 is 194. The van der Waals surface area contributed by atoms with Crippen molar-refractivity contribution in [3.8, 4) is 0 Å². The minimum absolute atomic E-state index is 0.0730. The Morgan fingerprint density at radius 2 is 0.756 bits per heavy atom. The normalized spacial score (nSPS) is 12.7. The molecule has 3 rings (SSSR count). The number of halogens is 12. The van der Waals surface area contributed by atoms with Crippen LogP contribution in [0.1, 0.15) is 46.7 Å². The van der Waals surface area contributed by atoms with Gasteiger partial charge in [0, 0.05) is 0 Å². The molecule has 0 heterocycles. The van der Waals surface area contributed by atoms with Gasteiger partial charge in [-0.2, -0.15) is 0 Å². The van der Waals surface area contributed by atoms with Crippen LogP contribution in [0.4, 0.5) is 52.7 Å². The second kappa shape index (κ2) is 14.5. The van der Waals surface area contributed by atoms with E-state index in [1.54, 1.807) is 0 Å². The summed E-state index contributed by atoms with van der Waals surface area (Å²) in [7, 11) is 0. The van der Waals surface area contributed by atoms with Gasteiger partial charge in [0.15, 0.2) is 0 Å². The molecule has 0 aliphatic heterocycles. The van der Waals surface area contributed by atoms with Crippen molar-refractivity contribution in [2.24, 2.45) is 0 Å². The zero-order chi connectivity index (χ0) is 34.1. The first kappa shape index (κ1) is 37.0. The fourth-order valence-electron chi connectivity index (χ4n) is 4.09. The zero-order valence-corrected chi connectivity index (χ0v) is 26.0. The van der Waals surface area contributed by atoms with Gasteiger partial charge in [-0.3, -0.25) is 0 Å². The third-order valence-electron chi connectivity index (χ3n) is 6.89. The summed E-state index contributed by atoms with van der Waals surface area (Å²) in [6, 6.07) is 0. The van der Waals surface area contributed by atoms with E-state index in [4.69, 9.17) is 17.0 Å². The van der Waals surface area contributed by atoms with Crippen molar-refractivity contribution in [1.82, 2.24) is 0 Å². The first-order chi connectivity index (χ1) is 21.0.